The van der Waals surface area contributed by atoms with Crippen LogP contribution in [0, 0.1) is 23.7 Å². The van der Waals surface area contributed by atoms with E-state index in [-0.39, 0.29) is 67.0 Å². The van der Waals surface area contributed by atoms with Crippen molar-refractivity contribution < 1.29 is 38.8 Å². The number of carbonyl (C=O) groups excluding carboxylic acids is 3. The topological polar surface area (TPSA) is 123 Å². The highest BCUT2D eigenvalue weighted by molar-refractivity contribution is 5.91. The van der Waals surface area contributed by atoms with Gasteiger partial charge < -0.3 is 34.1 Å². The number of aldehydes is 1. The van der Waals surface area contributed by atoms with Crippen molar-refractivity contribution in [3.05, 3.63) is 23.8 Å². The standard InChI is InChI=1S/C31H51NO8/c1-8-27-24(18-34)15-19(2)9-11-26(35)21(4)16-23(13-14-33)30(20(3)10-12-28(36)39-27)40-31-29(37)25(32(6)7)17-22(5)38-31/h9,11,14-15,20-25,27,29-31,34,37H,8,10,12-13,16-18H2,1-7H3/b11-9-,19-15+/t20-,21-,22+,23+,24-,25+,27+,29-,30-,31+/m1/s1. The van der Waals surface area contributed by atoms with Crippen molar-refractivity contribution in [1.82, 2.24) is 4.90 Å². The van der Waals surface area contributed by atoms with E-state index in [0.29, 0.717) is 25.7 Å². The van der Waals surface area contributed by atoms with Crippen LogP contribution in [0.1, 0.15) is 73.1 Å². The van der Waals surface area contributed by atoms with Gasteiger partial charge in [0.2, 0.25) is 0 Å². The molecular formula is C31H51NO8. The third-order valence-corrected chi connectivity index (χ3v) is 8.30. The SMILES string of the molecule is CC[C@@H]1OC(=O)CC[C@@H](C)[C@@H](O[C@@H]2O[C@@H](C)C[C@H](N(C)C)[C@H]2O)[C@@H](CC=O)C[C@@H](C)C(=O)/C=C\C(C)=C\[C@@H]1CO. The summed E-state index contributed by atoms with van der Waals surface area (Å²) in [7, 11) is 3.81. The van der Waals surface area contributed by atoms with Crippen molar-refractivity contribution in [2.75, 3.05) is 20.7 Å². The summed E-state index contributed by atoms with van der Waals surface area (Å²) in [4.78, 5) is 39.7. The lowest BCUT2D eigenvalue weighted by molar-refractivity contribution is -0.280. The molecule has 40 heavy (non-hydrogen) atoms. The zero-order chi connectivity index (χ0) is 30.0. The van der Waals surface area contributed by atoms with Crippen molar-refractivity contribution in [2.24, 2.45) is 23.7 Å². The monoisotopic (exact) mass is 565 g/mol. The summed E-state index contributed by atoms with van der Waals surface area (Å²) < 4.78 is 18.3. The van der Waals surface area contributed by atoms with Gasteiger partial charge >= 0.3 is 5.97 Å². The summed E-state index contributed by atoms with van der Waals surface area (Å²) in [5.74, 6) is -1.74. The zero-order valence-corrected chi connectivity index (χ0v) is 25.3. The summed E-state index contributed by atoms with van der Waals surface area (Å²) in [5.41, 5.74) is 0.786. The molecule has 0 spiro atoms. The molecule has 2 N–H and O–H groups in total. The Bertz CT molecular complexity index is 887. The van der Waals surface area contributed by atoms with E-state index in [1.807, 2.05) is 59.7 Å². The molecule has 0 unspecified atom stereocenters. The van der Waals surface area contributed by atoms with Crippen LogP contribution >= 0.6 is 0 Å². The summed E-state index contributed by atoms with van der Waals surface area (Å²) in [6.07, 6.45) is 5.21. The van der Waals surface area contributed by atoms with E-state index in [1.165, 1.54) is 6.08 Å². The Morgan fingerprint density at radius 2 is 1.85 bits per heavy atom. The molecule has 228 valence electrons. The lowest BCUT2D eigenvalue weighted by Gasteiger charge is -2.44. The molecule has 2 aliphatic heterocycles. The highest BCUT2D eigenvalue weighted by Gasteiger charge is 2.41. The minimum absolute atomic E-state index is 0.0728. The second kappa shape index (κ2) is 16.5. The molecule has 0 aromatic rings. The van der Waals surface area contributed by atoms with E-state index in [0.717, 1.165) is 11.9 Å². The highest BCUT2D eigenvalue weighted by atomic mass is 16.7. The molecule has 1 fully saturated rings. The minimum Gasteiger partial charge on any atom is -0.462 e. The molecule has 2 heterocycles. The second-order valence-corrected chi connectivity index (χ2v) is 11.9. The number of ether oxygens (including phenoxy) is 3. The molecule has 0 saturated carbocycles. The Morgan fingerprint density at radius 1 is 1.15 bits per heavy atom. The third kappa shape index (κ3) is 9.87. The number of esters is 1. The summed E-state index contributed by atoms with van der Waals surface area (Å²) in [6.45, 7) is 9.29. The fourth-order valence-electron chi connectivity index (χ4n) is 5.84. The van der Waals surface area contributed by atoms with E-state index in [9.17, 15) is 24.6 Å². The zero-order valence-electron chi connectivity index (χ0n) is 25.3. The smallest absolute Gasteiger partial charge is 0.306 e. The highest BCUT2D eigenvalue weighted by Crippen LogP contribution is 2.34. The van der Waals surface area contributed by atoms with E-state index in [1.54, 1.807) is 6.08 Å². The number of carbonyl (C=O) groups is 3. The Balaban J connectivity index is 2.43. The van der Waals surface area contributed by atoms with Crippen LogP contribution in [0.2, 0.25) is 0 Å². The lowest BCUT2D eigenvalue weighted by Crippen LogP contribution is -2.55. The van der Waals surface area contributed by atoms with E-state index in [2.05, 4.69) is 0 Å². The third-order valence-electron chi connectivity index (χ3n) is 8.30. The van der Waals surface area contributed by atoms with Gasteiger partial charge in [-0.05, 0) is 71.5 Å². The van der Waals surface area contributed by atoms with Crippen LogP contribution in [0.15, 0.2) is 23.8 Å². The number of aliphatic hydroxyl groups is 2. The van der Waals surface area contributed by atoms with Crippen LogP contribution in [-0.2, 0) is 28.6 Å². The Morgan fingerprint density at radius 3 is 2.45 bits per heavy atom. The van der Waals surface area contributed by atoms with Gasteiger partial charge in [-0.2, -0.15) is 0 Å². The van der Waals surface area contributed by atoms with E-state index in [4.69, 9.17) is 14.2 Å². The Kier molecular flexibility index (Phi) is 14.2. The number of hydrogen-bond acceptors (Lipinski definition) is 9. The molecule has 0 bridgehead atoms. The molecule has 2 aliphatic rings. The van der Waals surface area contributed by atoms with Crippen molar-refractivity contribution in [3.63, 3.8) is 0 Å². The van der Waals surface area contributed by atoms with Gasteiger partial charge in [0.15, 0.2) is 12.1 Å². The number of ketones is 1. The predicted molar refractivity (Wildman–Crippen MR) is 152 cm³/mol. The van der Waals surface area contributed by atoms with Crippen molar-refractivity contribution in [3.8, 4) is 0 Å². The molecule has 0 aromatic carbocycles. The molecule has 0 aromatic heterocycles. The summed E-state index contributed by atoms with van der Waals surface area (Å²) in [6, 6.07) is -0.165. The second-order valence-electron chi connectivity index (χ2n) is 11.9. The number of nitrogens with zero attached hydrogens (tertiary/aromatic N) is 1. The molecule has 1 saturated heterocycles. The number of aliphatic hydroxyl groups excluding tert-OH is 2. The van der Waals surface area contributed by atoms with E-state index < -0.39 is 24.6 Å². The van der Waals surface area contributed by atoms with Crippen LogP contribution in [0.25, 0.3) is 0 Å². The average Bonchev–Trinajstić information content (AvgIpc) is 2.91. The number of likely N-dealkylation sites (N-methyl/N-ethyl adjacent to an activating group) is 1. The van der Waals surface area contributed by atoms with Crippen LogP contribution in [0.5, 0.6) is 0 Å². The number of allylic oxidation sites excluding steroid dienone is 3. The normalized spacial score (nSPS) is 39.3. The molecule has 9 nitrogen and oxygen atoms in total. The first-order valence-electron chi connectivity index (χ1n) is 14.7. The van der Waals surface area contributed by atoms with E-state index >= 15 is 0 Å². The average molecular weight is 566 g/mol. The van der Waals surface area contributed by atoms with Gasteiger partial charge in [0.1, 0.15) is 18.5 Å². The lowest BCUT2D eigenvalue weighted by atomic mass is 9.80. The van der Waals surface area contributed by atoms with Gasteiger partial charge in [0.05, 0.1) is 18.8 Å². The number of cyclic esters (lactones) is 1. The summed E-state index contributed by atoms with van der Waals surface area (Å²) in [5, 5.41) is 21.1. The van der Waals surface area contributed by atoms with Crippen LogP contribution in [0.3, 0.4) is 0 Å². The molecule has 0 amide bonds. The minimum atomic E-state index is -0.913. The summed E-state index contributed by atoms with van der Waals surface area (Å²) >= 11 is 0. The first-order valence-corrected chi connectivity index (χ1v) is 14.7. The van der Waals surface area contributed by atoms with Crippen molar-refractivity contribution in [1.29, 1.82) is 0 Å². The van der Waals surface area contributed by atoms with Gasteiger partial charge in [-0.1, -0.05) is 38.5 Å². The van der Waals surface area contributed by atoms with Gasteiger partial charge in [-0.25, -0.2) is 0 Å². The van der Waals surface area contributed by atoms with Crippen LogP contribution < -0.4 is 0 Å². The van der Waals surface area contributed by atoms with Gasteiger partial charge in [0, 0.05) is 30.7 Å². The molecule has 0 radical (unpaired) electrons. The molecule has 10 atom stereocenters. The first-order chi connectivity index (χ1) is 18.9. The largest absolute Gasteiger partial charge is 0.462 e. The maximum Gasteiger partial charge on any atom is 0.306 e. The fourth-order valence-corrected chi connectivity index (χ4v) is 5.84. The molecule has 0 aliphatic carbocycles. The maximum atomic E-state index is 13.1. The van der Waals surface area contributed by atoms with Gasteiger partial charge in [0.25, 0.3) is 0 Å². The molecular weight excluding hydrogens is 514 g/mol. The Labute approximate surface area is 239 Å². The van der Waals surface area contributed by atoms with Crippen molar-refractivity contribution >= 4 is 18.0 Å². The molecule has 2 rings (SSSR count). The van der Waals surface area contributed by atoms with Crippen LogP contribution in [-0.4, -0.2) is 90.6 Å². The van der Waals surface area contributed by atoms with Gasteiger partial charge in [-0.3, -0.25) is 9.59 Å². The quantitative estimate of drug-likeness (QED) is 0.353. The van der Waals surface area contributed by atoms with Crippen molar-refractivity contribution in [2.45, 2.75) is 110 Å². The fraction of sp³-hybridized carbons (Fsp3) is 0.774. The molecule has 9 heteroatoms. The maximum absolute atomic E-state index is 13.1. The number of rotatable bonds is 7. The predicted octanol–water partition coefficient (Wildman–Crippen LogP) is 3.46. The van der Waals surface area contributed by atoms with Crippen LogP contribution in [0.4, 0.5) is 0 Å². The first kappa shape index (κ1) is 34.3. The van der Waals surface area contributed by atoms with Gasteiger partial charge in [-0.15, -0.1) is 0 Å². The Hall–Kier alpha value is -1.91. The number of hydrogen-bond donors (Lipinski definition) is 2.